The summed E-state index contributed by atoms with van der Waals surface area (Å²) in [6.45, 7) is 1.81. The third kappa shape index (κ3) is 2.82. The van der Waals surface area contributed by atoms with Gasteiger partial charge in [0.25, 0.3) is 0 Å². The second-order valence-electron chi connectivity index (χ2n) is 1.77. The average molecular weight is 146 g/mol. The van der Waals surface area contributed by atoms with Crippen LogP contribution in [0.5, 0.6) is 5.75 Å². The maximum absolute atomic E-state index is 10.6. The quantitative estimate of drug-likeness (QED) is 0.391. The van der Waals surface area contributed by atoms with Crippen molar-refractivity contribution in [1.29, 1.82) is 0 Å². The van der Waals surface area contributed by atoms with Crippen LogP contribution in [0.2, 0.25) is 0 Å². The van der Waals surface area contributed by atoms with Gasteiger partial charge in [0.1, 0.15) is 0 Å². The molecular weight excluding hydrogens is 139 g/mol. The molecule has 0 bridgehead atoms. The Kier molecular flexibility index (Phi) is 4.79. The molecule has 0 aliphatic carbocycles. The fourth-order valence-electron chi connectivity index (χ4n) is 0.556. The molecule has 2 heteroatoms. The second kappa shape index (κ2) is 4.47. The number of hydrogen-bond acceptors (Lipinski definition) is 1. The molecule has 0 aliphatic heterocycles. The normalized spacial score (nSPS) is 8.11. The van der Waals surface area contributed by atoms with Crippen molar-refractivity contribution >= 4 is 0 Å². The molecule has 0 aromatic heterocycles. The topological polar surface area (TPSA) is 23.1 Å². The van der Waals surface area contributed by atoms with Gasteiger partial charge in [0.05, 0.1) is 0 Å². The minimum atomic E-state index is 0. The van der Waals surface area contributed by atoms with E-state index in [1.165, 1.54) is 0 Å². The van der Waals surface area contributed by atoms with E-state index < -0.39 is 0 Å². The van der Waals surface area contributed by atoms with E-state index in [0.717, 1.165) is 5.56 Å². The van der Waals surface area contributed by atoms with Gasteiger partial charge in [-0.05, 0) is 6.92 Å². The molecule has 0 fully saturated rings. The van der Waals surface area contributed by atoms with E-state index in [0.29, 0.717) is 0 Å². The van der Waals surface area contributed by atoms with Crippen LogP contribution in [0.25, 0.3) is 0 Å². The Bertz CT molecular complexity index is 165. The van der Waals surface area contributed by atoms with Gasteiger partial charge >= 0.3 is 51.4 Å². The molecule has 9 heavy (non-hydrogen) atoms. The first-order valence-electron chi connectivity index (χ1n) is 2.53. The molecular formula is C7H7KO. The molecule has 0 unspecified atom stereocenters. The fourth-order valence-corrected chi connectivity index (χ4v) is 0.556. The van der Waals surface area contributed by atoms with E-state index in [1.807, 2.05) is 19.1 Å². The van der Waals surface area contributed by atoms with Gasteiger partial charge in [-0.25, -0.2) is 0 Å². The zero-order valence-corrected chi connectivity index (χ0v) is 8.84. The molecule has 0 amide bonds. The number of para-hydroxylation sites is 1. The maximum atomic E-state index is 10.6. The first-order chi connectivity index (χ1) is 3.80. The predicted molar refractivity (Wildman–Crippen MR) is 30.6 cm³/mol. The minimum Gasteiger partial charge on any atom is -0.872 e. The minimum absolute atomic E-state index is 0. The molecule has 42 valence electrons. The molecule has 0 spiro atoms. The average Bonchev–Trinajstić information content (AvgIpc) is 1.77. The SMILES string of the molecule is Cc1ccccc1[O-].[K+]. The summed E-state index contributed by atoms with van der Waals surface area (Å²) in [5, 5.41) is 10.6. The van der Waals surface area contributed by atoms with Crippen LogP contribution in [0.4, 0.5) is 0 Å². The largest absolute Gasteiger partial charge is 1.00 e. The van der Waals surface area contributed by atoms with Crippen molar-refractivity contribution in [2.24, 2.45) is 0 Å². The van der Waals surface area contributed by atoms with E-state index in [-0.39, 0.29) is 57.1 Å². The molecule has 0 saturated carbocycles. The number of rotatable bonds is 0. The molecule has 1 rings (SSSR count). The molecule has 0 saturated heterocycles. The summed E-state index contributed by atoms with van der Waals surface area (Å²) in [7, 11) is 0. The van der Waals surface area contributed by atoms with E-state index in [1.54, 1.807) is 12.1 Å². The third-order valence-corrected chi connectivity index (χ3v) is 1.09. The second-order valence-corrected chi connectivity index (χ2v) is 1.77. The van der Waals surface area contributed by atoms with E-state index in [4.69, 9.17) is 0 Å². The van der Waals surface area contributed by atoms with Gasteiger partial charge < -0.3 is 5.11 Å². The van der Waals surface area contributed by atoms with Crippen molar-refractivity contribution in [1.82, 2.24) is 0 Å². The monoisotopic (exact) mass is 146 g/mol. The number of aryl methyl sites for hydroxylation is 1. The van der Waals surface area contributed by atoms with E-state index in [2.05, 4.69) is 0 Å². The molecule has 1 aromatic carbocycles. The van der Waals surface area contributed by atoms with Gasteiger partial charge in [-0.2, -0.15) is 0 Å². The first kappa shape index (κ1) is 9.66. The molecule has 0 aliphatic rings. The Labute approximate surface area is 97.5 Å². The molecule has 0 radical (unpaired) electrons. The summed E-state index contributed by atoms with van der Waals surface area (Å²) in [4.78, 5) is 0. The predicted octanol–water partition coefficient (Wildman–Crippen LogP) is -1.93. The number of hydrogen-bond donors (Lipinski definition) is 0. The smallest absolute Gasteiger partial charge is 0.872 e. The molecule has 1 aromatic rings. The summed E-state index contributed by atoms with van der Waals surface area (Å²) < 4.78 is 0. The standard InChI is InChI=1S/C7H8O.K/c1-6-4-2-3-5-7(6)8;/h2-5,8H,1H3;/q;+1/p-1. The summed E-state index contributed by atoms with van der Waals surface area (Å²) in [6, 6.07) is 6.98. The molecule has 0 heterocycles. The third-order valence-electron chi connectivity index (χ3n) is 1.09. The molecule has 0 atom stereocenters. The van der Waals surface area contributed by atoms with Crippen LogP contribution in [-0.2, 0) is 0 Å². The van der Waals surface area contributed by atoms with Gasteiger partial charge in [0.15, 0.2) is 0 Å². The van der Waals surface area contributed by atoms with Crippen molar-refractivity contribution < 1.29 is 56.5 Å². The van der Waals surface area contributed by atoms with Gasteiger partial charge in [0.2, 0.25) is 0 Å². The Morgan fingerprint density at radius 3 is 2.11 bits per heavy atom. The van der Waals surface area contributed by atoms with Crippen LogP contribution in [0.3, 0.4) is 0 Å². The zero-order valence-electron chi connectivity index (χ0n) is 5.72. The Morgan fingerprint density at radius 1 is 1.22 bits per heavy atom. The van der Waals surface area contributed by atoms with Crippen LogP contribution in [0, 0.1) is 6.92 Å². The Morgan fingerprint density at radius 2 is 1.78 bits per heavy atom. The Balaban J connectivity index is 0.000000640. The zero-order chi connectivity index (χ0) is 5.98. The van der Waals surface area contributed by atoms with Gasteiger partial charge in [-0.1, -0.05) is 29.8 Å². The summed E-state index contributed by atoms with van der Waals surface area (Å²) in [6.07, 6.45) is 0. The summed E-state index contributed by atoms with van der Waals surface area (Å²) in [5.41, 5.74) is 0.813. The van der Waals surface area contributed by atoms with Crippen LogP contribution in [0.1, 0.15) is 5.56 Å². The summed E-state index contributed by atoms with van der Waals surface area (Å²) >= 11 is 0. The molecule has 1 nitrogen and oxygen atoms in total. The fraction of sp³-hybridized carbons (Fsp3) is 0.143. The van der Waals surface area contributed by atoms with Gasteiger partial charge in [-0.3, -0.25) is 0 Å². The van der Waals surface area contributed by atoms with Crippen LogP contribution < -0.4 is 56.5 Å². The van der Waals surface area contributed by atoms with E-state index in [9.17, 15) is 5.11 Å². The van der Waals surface area contributed by atoms with Gasteiger partial charge in [-0.15, -0.1) is 5.75 Å². The van der Waals surface area contributed by atoms with Crippen LogP contribution in [0.15, 0.2) is 24.3 Å². The van der Waals surface area contributed by atoms with E-state index >= 15 is 0 Å². The van der Waals surface area contributed by atoms with Gasteiger partial charge in [0, 0.05) is 0 Å². The van der Waals surface area contributed by atoms with Crippen molar-refractivity contribution in [2.75, 3.05) is 0 Å². The Hall–Kier alpha value is 0.656. The maximum Gasteiger partial charge on any atom is 1.00 e. The molecule has 0 N–H and O–H groups in total. The van der Waals surface area contributed by atoms with Crippen molar-refractivity contribution in [2.45, 2.75) is 6.92 Å². The van der Waals surface area contributed by atoms with Crippen LogP contribution >= 0.6 is 0 Å². The van der Waals surface area contributed by atoms with Crippen molar-refractivity contribution in [3.8, 4) is 5.75 Å². The number of benzene rings is 1. The van der Waals surface area contributed by atoms with Crippen LogP contribution in [-0.4, -0.2) is 0 Å². The summed E-state index contributed by atoms with van der Waals surface area (Å²) in [5.74, 6) is 0.118. The van der Waals surface area contributed by atoms with Crippen molar-refractivity contribution in [3.05, 3.63) is 29.8 Å². The van der Waals surface area contributed by atoms with Crippen molar-refractivity contribution in [3.63, 3.8) is 0 Å². The first-order valence-corrected chi connectivity index (χ1v) is 2.53.